The lowest BCUT2D eigenvalue weighted by atomic mass is 10.2. The van der Waals surface area contributed by atoms with Crippen LogP contribution in [0.4, 0.5) is 0 Å². The first kappa shape index (κ1) is 29.6. The Balaban J connectivity index is -0.00000112. The minimum absolute atomic E-state index is 0.657. The van der Waals surface area contributed by atoms with Crippen molar-refractivity contribution < 1.29 is 0 Å². The molecule has 3 heteroatoms. The average molecular weight is 360 g/mol. The summed E-state index contributed by atoms with van der Waals surface area (Å²) in [5, 5.41) is 0. The van der Waals surface area contributed by atoms with Gasteiger partial charge in [0, 0.05) is 18.1 Å². The Labute approximate surface area is 162 Å². The van der Waals surface area contributed by atoms with Gasteiger partial charge in [-0.2, -0.15) is 0 Å². The van der Waals surface area contributed by atoms with Crippen molar-refractivity contribution in [3.63, 3.8) is 0 Å². The van der Waals surface area contributed by atoms with Crippen LogP contribution in [0, 0.1) is 0 Å². The van der Waals surface area contributed by atoms with E-state index in [0.29, 0.717) is 18.1 Å². The molecule has 0 heterocycles. The summed E-state index contributed by atoms with van der Waals surface area (Å²) in [6, 6.07) is 1.99. The van der Waals surface area contributed by atoms with Crippen molar-refractivity contribution >= 4 is 0 Å². The van der Waals surface area contributed by atoms with E-state index in [-0.39, 0.29) is 0 Å². The predicted octanol–water partition coefficient (Wildman–Crippen LogP) is 5.60. The Morgan fingerprint density at radius 2 is 0.800 bits per heavy atom. The summed E-state index contributed by atoms with van der Waals surface area (Å²) in [7, 11) is 4.46. The summed E-state index contributed by atoms with van der Waals surface area (Å²) in [5.41, 5.74) is 0. The molecule has 0 aromatic heterocycles. The van der Waals surface area contributed by atoms with E-state index in [1.54, 1.807) is 0 Å². The molecule has 3 nitrogen and oxygen atoms in total. The smallest absolute Gasteiger partial charge is 0.00385 e. The Hall–Kier alpha value is -0.120. The Morgan fingerprint density at radius 3 is 1.16 bits per heavy atom. The van der Waals surface area contributed by atoms with E-state index in [9.17, 15) is 0 Å². The largest absolute Gasteiger partial charge is 0.304 e. The van der Waals surface area contributed by atoms with Crippen LogP contribution in [0.5, 0.6) is 0 Å². The molecule has 0 fully saturated rings. The predicted molar refractivity (Wildman–Crippen MR) is 119 cm³/mol. The number of nitrogens with zero attached hydrogens (tertiary/aromatic N) is 3. The van der Waals surface area contributed by atoms with Crippen LogP contribution in [-0.4, -0.2) is 73.1 Å². The minimum atomic E-state index is 0.657. The second-order valence-electron chi connectivity index (χ2n) is 7.34. The van der Waals surface area contributed by atoms with Crippen molar-refractivity contribution in [3.8, 4) is 0 Å². The molecule has 156 valence electrons. The minimum Gasteiger partial charge on any atom is -0.304 e. The monoisotopic (exact) mass is 359 g/mol. The Bertz CT molecular complexity index is 239. The second-order valence-corrected chi connectivity index (χ2v) is 7.34. The highest BCUT2D eigenvalue weighted by Gasteiger charge is 2.10. The first-order valence-electron chi connectivity index (χ1n) is 10.9. The molecular weight excluding hydrogens is 306 g/mol. The summed E-state index contributed by atoms with van der Waals surface area (Å²) in [5.74, 6) is 0. The van der Waals surface area contributed by atoms with E-state index < -0.39 is 0 Å². The molecule has 0 aliphatic heterocycles. The standard InChI is InChI=1S/C18H41N3.2C2H6/c1-16(2)19(7)12-9-10-14-21(18(5)6)15-11-13-20(8)17(3)4;2*1-2/h16-18H,9-15H2,1-8H3;2*1-2H3. The molecule has 0 spiro atoms. The van der Waals surface area contributed by atoms with Gasteiger partial charge >= 0.3 is 0 Å². The second kappa shape index (κ2) is 20.2. The Morgan fingerprint density at radius 1 is 0.480 bits per heavy atom. The number of rotatable bonds is 12. The van der Waals surface area contributed by atoms with Gasteiger partial charge in [0.15, 0.2) is 0 Å². The summed E-state index contributed by atoms with van der Waals surface area (Å²) in [4.78, 5) is 7.52. The zero-order chi connectivity index (χ0) is 20.4. The molecule has 0 aromatic carbocycles. The van der Waals surface area contributed by atoms with Crippen LogP contribution in [0.25, 0.3) is 0 Å². The number of unbranched alkanes of at least 4 members (excludes halogenated alkanes) is 1. The van der Waals surface area contributed by atoms with E-state index >= 15 is 0 Å². The first-order valence-corrected chi connectivity index (χ1v) is 10.9. The molecular formula is C22H53N3. The van der Waals surface area contributed by atoms with Crippen molar-refractivity contribution in [3.05, 3.63) is 0 Å². The van der Waals surface area contributed by atoms with Crippen LogP contribution in [0.2, 0.25) is 0 Å². The summed E-state index contributed by atoms with van der Waals surface area (Å²) in [6.45, 7) is 26.6. The van der Waals surface area contributed by atoms with Gasteiger partial charge in [0.2, 0.25) is 0 Å². The van der Waals surface area contributed by atoms with Gasteiger partial charge < -0.3 is 14.7 Å². The maximum absolute atomic E-state index is 2.64. The normalized spacial score (nSPS) is 11.3. The molecule has 0 aliphatic carbocycles. The quantitative estimate of drug-likeness (QED) is 0.420. The van der Waals surface area contributed by atoms with Crippen molar-refractivity contribution in [2.24, 2.45) is 0 Å². The molecule has 0 radical (unpaired) electrons. The lowest BCUT2D eigenvalue weighted by Gasteiger charge is -2.29. The van der Waals surface area contributed by atoms with E-state index in [4.69, 9.17) is 0 Å². The van der Waals surface area contributed by atoms with Crippen molar-refractivity contribution in [2.45, 2.75) is 107 Å². The summed E-state index contributed by atoms with van der Waals surface area (Å²) in [6.07, 6.45) is 3.90. The van der Waals surface area contributed by atoms with Crippen LogP contribution < -0.4 is 0 Å². The van der Waals surface area contributed by atoms with E-state index in [1.165, 1.54) is 45.4 Å². The molecule has 0 saturated heterocycles. The molecule has 0 aliphatic rings. The maximum atomic E-state index is 2.64. The molecule has 0 saturated carbocycles. The zero-order valence-corrected chi connectivity index (χ0v) is 20.0. The van der Waals surface area contributed by atoms with Gasteiger partial charge in [-0.1, -0.05) is 27.7 Å². The zero-order valence-electron chi connectivity index (χ0n) is 20.0. The highest BCUT2D eigenvalue weighted by Crippen LogP contribution is 2.06. The topological polar surface area (TPSA) is 9.72 Å². The molecule has 25 heavy (non-hydrogen) atoms. The molecule has 0 aromatic rings. The third-order valence-corrected chi connectivity index (χ3v) is 4.66. The van der Waals surface area contributed by atoms with Gasteiger partial charge in [0.05, 0.1) is 0 Å². The fourth-order valence-corrected chi connectivity index (χ4v) is 2.34. The van der Waals surface area contributed by atoms with Gasteiger partial charge in [0.1, 0.15) is 0 Å². The summed E-state index contributed by atoms with van der Waals surface area (Å²) >= 11 is 0. The van der Waals surface area contributed by atoms with Gasteiger partial charge in [-0.15, -0.1) is 0 Å². The fourth-order valence-electron chi connectivity index (χ4n) is 2.34. The summed E-state index contributed by atoms with van der Waals surface area (Å²) < 4.78 is 0. The van der Waals surface area contributed by atoms with Gasteiger partial charge in [-0.3, -0.25) is 0 Å². The van der Waals surface area contributed by atoms with Gasteiger partial charge in [-0.25, -0.2) is 0 Å². The van der Waals surface area contributed by atoms with Crippen molar-refractivity contribution in [1.82, 2.24) is 14.7 Å². The van der Waals surface area contributed by atoms with Gasteiger partial charge in [0.25, 0.3) is 0 Å². The highest BCUT2D eigenvalue weighted by molar-refractivity contribution is 4.66. The molecule has 0 N–H and O–H groups in total. The van der Waals surface area contributed by atoms with Crippen LogP contribution in [-0.2, 0) is 0 Å². The third-order valence-electron chi connectivity index (χ3n) is 4.66. The Kier molecular flexibility index (Phi) is 23.9. The van der Waals surface area contributed by atoms with Crippen LogP contribution in [0.1, 0.15) is 88.5 Å². The average Bonchev–Trinajstić information content (AvgIpc) is 2.59. The fraction of sp³-hybridized carbons (Fsp3) is 1.00. The van der Waals surface area contributed by atoms with Crippen LogP contribution >= 0.6 is 0 Å². The SMILES string of the molecule is CC.CC.CC(C)N(C)CCCCN(CCCN(C)C(C)C)C(C)C. The molecule has 0 unspecified atom stereocenters. The molecule has 0 atom stereocenters. The van der Waals surface area contributed by atoms with Gasteiger partial charge in [-0.05, 0) is 101 Å². The van der Waals surface area contributed by atoms with Crippen molar-refractivity contribution in [2.75, 3.05) is 40.3 Å². The van der Waals surface area contributed by atoms with E-state index in [1.807, 2.05) is 27.7 Å². The highest BCUT2D eigenvalue weighted by atomic mass is 15.2. The molecule has 0 bridgehead atoms. The lowest BCUT2D eigenvalue weighted by Crippen LogP contribution is -2.36. The lowest BCUT2D eigenvalue weighted by molar-refractivity contribution is 0.187. The molecule has 0 rings (SSSR count). The van der Waals surface area contributed by atoms with Crippen LogP contribution in [0.3, 0.4) is 0 Å². The maximum Gasteiger partial charge on any atom is 0.00385 e. The third kappa shape index (κ3) is 18.5. The van der Waals surface area contributed by atoms with Crippen LogP contribution in [0.15, 0.2) is 0 Å². The van der Waals surface area contributed by atoms with Crippen molar-refractivity contribution in [1.29, 1.82) is 0 Å². The number of hydrogen-bond donors (Lipinski definition) is 0. The van der Waals surface area contributed by atoms with E-state index in [0.717, 1.165) is 0 Å². The first-order chi connectivity index (χ1) is 11.8. The van der Waals surface area contributed by atoms with E-state index in [2.05, 4.69) is 70.3 Å². The number of hydrogen-bond acceptors (Lipinski definition) is 3. The molecule has 0 amide bonds.